The van der Waals surface area contributed by atoms with Crippen molar-refractivity contribution in [3.63, 3.8) is 0 Å². The van der Waals surface area contributed by atoms with Crippen LogP contribution in [0.15, 0.2) is 53.0 Å². The van der Waals surface area contributed by atoms with Gasteiger partial charge in [-0.2, -0.15) is 0 Å². The van der Waals surface area contributed by atoms with Crippen molar-refractivity contribution in [2.45, 2.75) is 88.8 Å². The number of amides is 3. The molecular weight excluding hydrogens is 630 g/mol. The van der Waals surface area contributed by atoms with Crippen LogP contribution in [0.2, 0.25) is 0 Å². The maximum atomic E-state index is 14.6. The fourth-order valence-electron chi connectivity index (χ4n) is 6.96. The Hall–Kier alpha value is -3.02. The van der Waals surface area contributed by atoms with Gasteiger partial charge >= 0.3 is 5.97 Å². The second-order valence-corrected chi connectivity index (χ2v) is 14.0. The van der Waals surface area contributed by atoms with Crippen molar-refractivity contribution in [2.75, 3.05) is 19.7 Å². The number of unbranched alkanes of at least 4 members (excludes halogenated alkanes) is 1. The first kappa shape index (κ1) is 32.4. The van der Waals surface area contributed by atoms with Crippen LogP contribution in [0.4, 0.5) is 0 Å². The van der Waals surface area contributed by atoms with E-state index in [2.05, 4.69) is 21.2 Å². The van der Waals surface area contributed by atoms with E-state index < -0.39 is 53.2 Å². The number of hydrogen-bond donors (Lipinski definition) is 2. The smallest absolute Gasteiger partial charge is 0.313 e. The lowest BCUT2D eigenvalue weighted by Crippen LogP contribution is -2.59. The summed E-state index contributed by atoms with van der Waals surface area (Å²) in [5, 5.41) is 12.4. The molecule has 2 fully saturated rings. The number of fused-ring (bicyclic) bond motifs is 2. The van der Waals surface area contributed by atoms with Gasteiger partial charge in [0, 0.05) is 36.1 Å². The van der Waals surface area contributed by atoms with Crippen LogP contribution in [0.3, 0.4) is 0 Å². The Balaban J connectivity index is 1.61. The van der Waals surface area contributed by atoms with Crippen LogP contribution in [0.5, 0.6) is 0 Å². The molecular formula is C33H42BrN3O7. The van der Waals surface area contributed by atoms with Crippen molar-refractivity contribution >= 4 is 39.6 Å². The molecule has 7 atom stereocenters. The minimum absolute atomic E-state index is 0.0390. The zero-order chi connectivity index (χ0) is 31.8. The van der Waals surface area contributed by atoms with E-state index in [1.807, 2.05) is 63.3 Å². The second kappa shape index (κ2) is 12.8. The monoisotopic (exact) mass is 671 g/mol. The van der Waals surface area contributed by atoms with E-state index in [0.29, 0.717) is 29.3 Å². The van der Waals surface area contributed by atoms with Crippen molar-refractivity contribution < 1.29 is 33.8 Å². The lowest BCUT2D eigenvalue weighted by atomic mass is 9.74. The molecule has 238 valence electrons. The van der Waals surface area contributed by atoms with Gasteiger partial charge in [-0.05, 0) is 58.6 Å². The number of esters is 1. The average molecular weight is 673 g/mol. The van der Waals surface area contributed by atoms with Gasteiger partial charge in [-0.1, -0.05) is 58.4 Å². The SMILES string of the molecule is C[C@@H]1NC(=O)CC/C=C\CN(C(C)(C)C)C(=O)[C@H]2N(CCCCO)C(=O)[C@@H]3[C@@H](C(=O)O[C@H]1c1ccccc1)[C@@H]1O[C@@]32C=C1Br. The number of aliphatic hydroxyl groups excluding tert-OH is 1. The van der Waals surface area contributed by atoms with E-state index in [1.54, 1.807) is 22.8 Å². The largest absolute Gasteiger partial charge is 0.455 e. The minimum Gasteiger partial charge on any atom is -0.455 e. The number of benzene rings is 1. The molecule has 10 nitrogen and oxygen atoms in total. The number of nitrogens with zero attached hydrogens (tertiary/aromatic N) is 2. The zero-order valence-electron chi connectivity index (χ0n) is 25.7. The third-order valence-corrected chi connectivity index (χ3v) is 9.70. The zero-order valence-corrected chi connectivity index (χ0v) is 27.3. The Morgan fingerprint density at radius 1 is 1.05 bits per heavy atom. The molecule has 4 aliphatic rings. The van der Waals surface area contributed by atoms with Gasteiger partial charge in [-0.15, -0.1) is 0 Å². The quantitative estimate of drug-likeness (QED) is 0.279. The van der Waals surface area contributed by atoms with Gasteiger partial charge < -0.3 is 29.7 Å². The van der Waals surface area contributed by atoms with Crippen molar-refractivity contribution in [1.29, 1.82) is 0 Å². The van der Waals surface area contributed by atoms with Crippen LogP contribution in [0.1, 0.15) is 65.0 Å². The van der Waals surface area contributed by atoms with Crippen molar-refractivity contribution in [3.05, 3.63) is 58.6 Å². The standard InChI is InChI=1S/C33H42BrN3O7/c1-20-26(21-13-7-5-8-14-21)43-31(42)24-25-29(40)36(16-11-12-18-38)28(33(25)19-22(34)27(24)44-33)30(41)37(32(2,3)4)17-10-6-9-15-23(39)35-20/h5-8,10,13-14,19-20,24-28,38H,9,11-12,15-18H2,1-4H3,(H,35,39)/b10-6-/t20-,24+,25-,26+,27+,28+,33-/m0/s1. The van der Waals surface area contributed by atoms with E-state index in [1.165, 1.54) is 0 Å². The predicted octanol–water partition coefficient (Wildman–Crippen LogP) is 3.40. The lowest BCUT2D eigenvalue weighted by Gasteiger charge is -2.41. The summed E-state index contributed by atoms with van der Waals surface area (Å²) in [7, 11) is 0. The highest BCUT2D eigenvalue weighted by Gasteiger charge is 2.75. The molecule has 1 aromatic carbocycles. The van der Waals surface area contributed by atoms with Gasteiger partial charge in [0.25, 0.3) is 0 Å². The molecule has 5 bridgehead atoms. The summed E-state index contributed by atoms with van der Waals surface area (Å²) in [5.74, 6) is -3.42. The summed E-state index contributed by atoms with van der Waals surface area (Å²) in [4.78, 5) is 59.3. The molecule has 3 amide bonds. The summed E-state index contributed by atoms with van der Waals surface area (Å²) in [6.07, 6.45) is 5.58. The molecule has 0 radical (unpaired) electrons. The molecule has 0 unspecified atom stereocenters. The van der Waals surface area contributed by atoms with Gasteiger partial charge in [-0.3, -0.25) is 19.2 Å². The highest BCUT2D eigenvalue weighted by Crippen LogP contribution is 2.59. The van der Waals surface area contributed by atoms with Gasteiger partial charge in [0.15, 0.2) is 0 Å². The Bertz CT molecular complexity index is 1340. The Morgan fingerprint density at radius 3 is 2.45 bits per heavy atom. The van der Waals surface area contributed by atoms with Crippen LogP contribution in [-0.4, -0.2) is 87.6 Å². The van der Waals surface area contributed by atoms with Crippen molar-refractivity contribution in [3.8, 4) is 0 Å². The number of likely N-dealkylation sites (tertiary alicyclic amines) is 1. The summed E-state index contributed by atoms with van der Waals surface area (Å²) in [5.41, 5.74) is -1.27. The Labute approximate surface area is 266 Å². The first-order chi connectivity index (χ1) is 20.9. The third kappa shape index (κ3) is 5.86. The Kier molecular flexibility index (Phi) is 9.39. The number of aliphatic hydroxyl groups is 1. The molecule has 5 rings (SSSR count). The molecule has 4 aliphatic heterocycles. The average Bonchev–Trinajstić information content (AvgIpc) is 3.56. The van der Waals surface area contributed by atoms with E-state index in [4.69, 9.17) is 9.47 Å². The van der Waals surface area contributed by atoms with Gasteiger partial charge in [0.2, 0.25) is 17.7 Å². The summed E-state index contributed by atoms with van der Waals surface area (Å²) in [6.45, 7) is 8.05. The van der Waals surface area contributed by atoms with E-state index in [0.717, 1.165) is 0 Å². The van der Waals surface area contributed by atoms with Crippen LogP contribution in [-0.2, 0) is 28.7 Å². The summed E-state index contributed by atoms with van der Waals surface area (Å²) >= 11 is 3.59. The predicted molar refractivity (Wildman–Crippen MR) is 166 cm³/mol. The van der Waals surface area contributed by atoms with Gasteiger partial charge in [0.05, 0.1) is 12.0 Å². The normalized spacial score (nSPS) is 33.6. The summed E-state index contributed by atoms with van der Waals surface area (Å²) in [6, 6.07) is 7.63. The molecule has 2 N–H and O–H groups in total. The maximum Gasteiger partial charge on any atom is 0.313 e. The first-order valence-electron chi connectivity index (χ1n) is 15.4. The Morgan fingerprint density at radius 2 is 1.77 bits per heavy atom. The van der Waals surface area contributed by atoms with Crippen LogP contribution in [0.25, 0.3) is 0 Å². The van der Waals surface area contributed by atoms with E-state index in [9.17, 15) is 24.3 Å². The molecule has 4 heterocycles. The highest BCUT2D eigenvalue weighted by atomic mass is 79.9. The fourth-order valence-corrected chi connectivity index (χ4v) is 7.70. The van der Waals surface area contributed by atoms with Gasteiger partial charge in [0.1, 0.15) is 29.8 Å². The van der Waals surface area contributed by atoms with Crippen LogP contribution >= 0.6 is 15.9 Å². The van der Waals surface area contributed by atoms with E-state index >= 15 is 0 Å². The maximum absolute atomic E-state index is 14.6. The molecule has 2 saturated heterocycles. The fraction of sp³-hybridized carbons (Fsp3) is 0.576. The molecule has 44 heavy (non-hydrogen) atoms. The number of nitrogens with one attached hydrogen (secondary N) is 1. The van der Waals surface area contributed by atoms with Crippen molar-refractivity contribution in [2.24, 2.45) is 11.8 Å². The number of carbonyl (C=O) groups excluding carboxylic acids is 4. The number of halogens is 1. The number of carbonyl (C=O) groups is 4. The molecule has 11 heteroatoms. The van der Waals surface area contributed by atoms with Crippen molar-refractivity contribution in [1.82, 2.24) is 15.1 Å². The molecule has 0 saturated carbocycles. The topological polar surface area (TPSA) is 125 Å². The second-order valence-electron chi connectivity index (χ2n) is 13.0. The third-order valence-electron chi connectivity index (χ3n) is 9.02. The molecule has 0 aromatic heterocycles. The highest BCUT2D eigenvalue weighted by molar-refractivity contribution is 9.11. The first-order valence-corrected chi connectivity index (χ1v) is 16.2. The van der Waals surface area contributed by atoms with Gasteiger partial charge in [-0.25, -0.2) is 0 Å². The number of cyclic esters (lactones) is 1. The number of allylic oxidation sites excluding steroid dienone is 1. The van der Waals surface area contributed by atoms with Crippen LogP contribution in [0, 0.1) is 11.8 Å². The molecule has 0 aliphatic carbocycles. The number of hydrogen-bond acceptors (Lipinski definition) is 7. The molecule has 1 spiro atoms. The van der Waals surface area contributed by atoms with E-state index in [-0.39, 0.29) is 43.8 Å². The van der Waals surface area contributed by atoms with Crippen LogP contribution < -0.4 is 5.32 Å². The minimum atomic E-state index is -1.37. The lowest BCUT2D eigenvalue weighted by molar-refractivity contribution is -0.161. The number of rotatable bonds is 5. The number of ether oxygens (including phenoxy) is 2. The molecule has 1 aromatic rings. The summed E-state index contributed by atoms with van der Waals surface area (Å²) < 4.78 is 13.4.